The van der Waals surface area contributed by atoms with Crippen LogP contribution in [0.15, 0.2) is 12.1 Å². The summed E-state index contributed by atoms with van der Waals surface area (Å²) in [5.41, 5.74) is 7.60. The Morgan fingerprint density at radius 1 is 1.11 bits per heavy atom. The average Bonchev–Trinajstić information content (AvgIpc) is 2.28. The molecule has 0 aliphatic carbocycles. The summed E-state index contributed by atoms with van der Waals surface area (Å²) >= 11 is 12.2. The van der Waals surface area contributed by atoms with E-state index in [4.69, 9.17) is 28.9 Å². The van der Waals surface area contributed by atoms with Crippen molar-refractivity contribution in [1.29, 1.82) is 0 Å². The second-order valence-corrected chi connectivity index (χ2v) is 5.79. The Hall–Kier alpha value is -0.640. The molecule has 100 valence electrons. The van der Waals surface area contributed by atoms with Crippen LogP contribution in [0, 0.1) is 0 Å². The van der Waals surface area contributed by atoms with Crippen molar-refractivity contribution >= 4 is 34.6 Å². The summed E-state index contributed by atoms with van der Waals surface area (Å²) in [4.78, 5) is 4.70. The summed E-state index contributed by atoms with van der Waals surface area (Å²) in [5.74, 6) is 0. The molecule has 1 aliphatic heterocycles. The molecule has 1 heterocycles. The van der Waals surface area contributed by atoms with Crippen LogP contribution in [0.25, 0.3) is 0 Å². The molecule has 1 aromatic carbocycles. The fourth-order valence-corrected chi connectivity index (χ4v) is 3.01. The number of benzene rings is 1. The molecular formula is C13H19Cl2N3. The van der Waals surface area contributed by atoms with Crippen LogP contribution < -0.4 is 10.6 Å². The highest BCUT2D eigenvalue weighted by molar-refractivity contribution is 6.37. The van der Waals surface area contributed by atoms with E-state index in [9.17, 15) is 0 Å². The van der Waals surface area contributed by atoms with Crippen molar-refractivity contribution in [3.05, 3.63) is 22.2 Å². The van der Waals surface area contributed by atoms with E-state index < -0.39 is 0 Å². The molecule has 1 aliphatic rings. The van der Waals surface area contributed by atoms with E-state index in [1.165, 1.54) is 0 Å². The standard InChI is InChI=1S/C13H19Cl2N3/c1-9(2)17-3-5-18(6-4-17)13-11(15)7-10(14)8-12(13)16/h7-9H,3-6,16H2,1-2H3. The van der Waals surface area contributed by atoms with Crippen LogP contribution in [0.3, 0.4) is 0 Å². The number of nitrogens with zero attached hydrogens (tertiary/aromatic N) is 2. The number of nitrogens with two attached hydrogens (primary N) is 1. The maximum atomic E-state index is 6.25. The van der Waals surface area contributed by atoms with Gasteiger partial charge in [-0.15, -0.1) is 0 Å². The fourth-order valence-electron chi connectivity index (χ4n) is 2.38. The Morgan fingerprint density at radius 2 is 1.72 bits per heavy atom. The highest BCUT2D eigenvalue weighted by atomic mass is 35.5. The summed E-state index contributed by atoms with van der Waals surface area (Å²) in [5, 5.41) is 1.22. The maximum Gasteiger partial charge on any atom is 0.0791 e. The molecule has 3 nitrogen and oxygen atoms in total. The van der Waals surface area contributed by atoms with E-state index >= 15 is 0 Å². The SMILES string of the molecule is CC(C)N1CCN(c2c(N)cc(Cl)cc2Cl)CC1. The van der Waals surface area contributed by atoms with Crippen molar-refractivity contribution in [3.63, 3.8) is 0 Å². The Bertz CT molecular complexity index is 403. The fraction of sp³-hybridized carbons (Fsp3) is 0.538. The van der Waals surface area contributed by atoms with E-state index in [1.807, 2.05) is 0 Å². The van der Waals surface area contributed by atoms with E-state index in [2.05, 4.69) is 23.6 Å². The maximum absolute atomic E-state index is 6.25. The van der Waals surface area contributed by atoms with Gasteiger partial charge in [-0.25, -0.2) is 0 Å². The summed E-state index contributed by atoms with van der Waals surface area (Å²) in [6.07, 6.45) is 0. The second kappa shape index (κ2) is 5.55. The van der Waals surface area contributed by atoms with Gasteiger partial charge in [0.05, 0.1) is 16.4 Å². The van der Waals surface area contributed by atoms with Crippen LogP contribution in [0.1, 0.15) is 13.8 Å². The lowest BCUT2D eigenvalue weighted by molar-refractivity contribution is 0.209. The summed E-state index contributed by atoms with van der Waals surface area (Å²) < 4.78 is 0. The van der Waals surface area contributed by atoms with Crippen molar-refractivity contribution in [3.8, 4) is 0 Å². The molecule has 0 atom stereocenters. The van der Waals surface area contributed by atoms with Crippen LogP contribution in [-0.4, -0.2) is 37.1 Å². The molecule has 5 heteroatoms. The molecule has 0 spiro atoms. The molecule has 1 aromatic rings. The molecule has 18 heavy (non-hydrogen) atoms. The van der Waals surface area contributed by atoms with Crippen LogP contribution >= 0.6 is 23.2 Å². The Labute approximate surface area is 118 Å². The third kappa shape index (κ3) is 2.85. The van der Waals surface area contributed by atoms with E-state index in [1.54, 1.807) is 12.1 Å². The van der Waals surface area contributed by atoms with Gasteiger partial charge in [0.25, 0.3) is 0 Å². The van der Waals surface area contributed by atoms with Crippen LogP contribution in [0.4, 0.5) is 11.4 Å². The number of hydrogen-bond donors (Lipinski definition) is 1. The Kier molecular flexibility index (Phi) is 4.25. The number of hydrogen-bond acceptors (Lipinski definition) is 3. The quantitative estimate of drug-likeness (QED) is 0.849. The lowest BCUT2D eigenvalue weighted by Gasteiger charge is -2.38. The first-order chi connectivity index (χ1) is 8.49. The zero-order valence-electron chi connectivity index (χ0n) is 10.8. The number of piperazine rings is 1. The molecule has 0 bridgehead atoms. The van der Waals surface area contributed by atoms with E-state index in [0.717, 1.165) is 31.9 Å². The highest BCUT2D eigenvalue weighted by Crippen LogP contribution is 2.35. The van der Waals surface area contributed by atoms with Crippen LogP contribution in [-0.2, 0) is 0 Å². The van der Waals surface area contributed by atoms with Crippen molar-refractivity contribution in [2.45, 2.75) is 19.9 Å². The van der Waals surface area contributed by atoms with Crippen LogP contribution in [0.5, 0.6) is 0 Å². The highest BCUT2D eigenvalue weighted by Gasteiger charge is 2.22. The molecule has 0 aromatic heterocycles. The molecule has 0 amide bonds. The summed E-state index contributed by atoms with van der Waals surface area (Å²) in [7, 11) is 0. The van der Waals surface area contributed by atoms with E-state index in [0.29, 0.717) is 21.8 Å². The minimum Gasteiger partial charge on any atom is -0.397 e. The van der Waals surface area contributed by atoms with Gasteiger partial charge in [-0.05, 0) is 26.0 Å². The van der Waals surface area contributed by atoms with Gasteiger partial charge in [0.1, 0.15) is 0 Å². The molecule has 1 fully saturated rings. The van der Waals surface area contributed by atoms with Gasteiger partial charge in [-0.2, -0.15) is 0 Å². The second-order valence-electron chi connectivity index (χ2n) is 4.94. The molecule has 0 radical (unpaired) electrons. The van der Waals surface area contributed by atoms with Gasteiger partial charge in [-0.1, -0.05) is 23.2 Å². The van der Waals surface area contributed by atoms with Gasteiger partial charge in [-0.3, -0.25) is 4.90 Å². The molecule has 0 unspecified atom stereocenters. The molecule has 2 N–H and O–H groups in total. The lowest BCUT2D eigenvalue weighted by atomic mass is 10.2. The zero-order chi connectivity index (χ0) is 13.3. The molecular weight excluding hydrogens is 269 g/mol. The number of halogens is 2. The van der Waals surface area contributed by atoms with Gasteiger partial charge in [0.2, 0.25) is 0 Å². The van der Waals surface area contributed by atoms with Gasteiger partial charge < -0.3 is 10.6 Å². The topological polar surface area (TPSA) is 32.5 Å². The van der Waals surface area contributed by atoms with Gasteiger partial charge >= 0.3 is 0 Å². The monoisotopic (exact) mass is 287 g/mol. The van der Waals surface area contributed by atoms with Crippen LogP contribution in [0.2, 0.25) is 10.0 Å². The predicted molar refractivity (Wildman–Crippen MR) is 79.8 cm³/mol. The van der Waals surface area contributed by atoms with Crippen molar-refractivity contribution in [2.75, 3.05) is 36.8 Å². The van der Waals surface area contributed by atoms with E-state index in [-0.39, 0.29) is 0 Å². The Morgan fingerprint density at radius 3 is 2.22 bits per heavy atom. The number of nitrogen functional groups attached to an aromatic ring is 1. The predicted octanol–water partition coefficient (Wildman–Crippen LogP) is 3.11. The first-order valence-electron chi connectivity index (χ1n) is 6.22. The van der Waals surface area contributed by atoms with Crippen molar-refractivity contribution in [1.82, 2.24) is 4.90 Å². The first kappa shape index (κ1) is 13.8. The summed E-state index contributed by atoms with van der Waals surface area (Å²) in [6, 6.07) is 4.10. The minimum atomic E-state index is 0.585. The lowest BCUT2D eigenvalue weighted by Crippen LogP contribution is -2.49. The summed E-state index contributed by atoms with van der Waals surface area (Å²) in [6.45, 7) is 8.41. The molecule has 0 saturated carbocycles. The first-order valence-corrected chi connectivity index (χ1v) is 6.98. The number of anilines is 2. The van der Waals surface area contributed by atoms with Gasteiger partial charge in [0.15, 0.2) is 0 Å². The zero-order valence-corrected chi connectivity index (χ0v) is 12.3. The smallest absolute Gasteiger partial charge is 0.0791 e. The third-order valence-corrected chi connectivity index (χ3v) is 3.92. The Balaban J connectivity index is 2.15. The largest absolute Gasteiger partial charge is 0.397 e. The average molecular weight is 288 g/mol. The molecule has 2 rings (SSSR count). The molecule has 1 saturated heterocycles. The number of rotatable bonds is 2. The third-order valence-electron chi connectivity index (χ3n) is 3.42. The van der Waals surface area contributed by atoms with Crippen molar-refractivity contribution < 1.29 is 0 Å². The minimum absolute atomic E-state index is 0.585. The van der Waals surface area contributed by atoms with Crippen molar-refractivity contribution in [2.24, 2.45) is 0 Å². The van der Waals surface area contributed by atoms with Gasteiger partial charge in [0, 0.05) is 37.2 Å². The normalized spacial score (nSPS) is 17.5.